The number of hydrogen-bond acceptors (Lipinski definition) is 8. The third kappa shape index (κ3) is 6.77. The van der Waals surface area contributed by atoms with E-state index in [1.165, 1.54) is 11.0 Å². The lowest BCUT2D eigenvalue weighted by Gasteiger charge is -2.30. The van der Waals surface area contributed by atoms with Gasteiger partial charge in [0.05, 0.1) is 18.7 Å². The van der Waals surface area contributed by atoms with Gasteiger partial charge in [0.25, 0.3) is 0 Å². The minimum absolute atomic E-state index is 0.0840. The Morgan fingerprint density at radius 3 is 2.76 bits per heavy atom. The number of anilines is 1. The predicted octanol–water partition coefficient (Wildman–Crippen LogP) is 3.79. The van der Waals surface area contributed by atoms with Crippen molar-refractivity contribution in [3.05, 3.63) is 35.4 Å². The van der Waals surface area contributed by atoms with Crippen molar-refractivity contribution in [2.75, 3.05) is 31.1 Å². The molecule has 1 aromatic heterocycles. The highest BCUT2D eigenvalue weighted by Crippen LogP contribution is 2.26. The zero-order valence-electron chi connectivity index (χ0n) is 21.7. The van der Waals surface area contributed by atoms with Crippen LogP contribution in [-0.4, -0.2) is 59.3 Å². The molecule has 0 unspecified atom stereocenters. The Balaban J connectivity index is 1.17. The van der Waals surface area contributed by atoms with E-state index in [0.717, 1.165) is 51.0 Å². The van der Waals surface area contributed by atoms with E-state index >= 15 is 0 Å². The molecule has 0 spiro atoms. The second-order valence-corrected chi connectivity index (χ2v) is 10.4. The van der Waals surface area contributed by atoms with Crippen LogP contribution in [-0.2, 0) is 11.2 Å². The monoisotopic (exact) mass is 512 g/mol. The van der Waals surface area contributed by atoms with Crippen molar-refractivity contribution >= 4 is 11.9 Å². The van der Waals surface area contributed by atoms with Crippen molar-refractivity contribution in [2.24, 2.45) is 11.7 Å². The van der Waals surface area contributed by atoms with Crippen molar-refractivity contribution in [3.8, 4) is 11.8 Å². The summed E-state index contributed by atoms with van der Waals surface area (Å²) in [5.41, 5.74) is 6.43. The van der Waals surface area contributed by atoms with E-state index in [0.29, 0.717) is 42.8 Å². The maximum atomic E-state index is 14.7. The third-order valence-corrected chi connectivity index (χ3v) is 7.32. The molecule has 4 rings (SSSR count). The number of aromatic nitrogens is 2. The smallest absolute Gasteiger partial charge is 0.324 e. The van der Waals surface area contributed by atoms with E-state index in [1.54, 1.807) is 12.1 Å². The lowest BCUT2D eigenvalue weighted by Crippen LogP contribution is -2.46. The highest BCUT2D eigenvalue weighted by molar-refractivity contribution is 5.82. The average molecular weight is 513 g/mol. The molecule has 0 bridgehead atoms. The Kier molecular flexibility index (Phi) is 8.98. The summed E-state index contributed by atoms with van der Waals surface area (Å²) in [6.45, 7) is 6.94. The topological polar surface area (TPSA) is 122 Å². The molecule has 0 aliphatic carbocycles. The van der Waals surface area contributed by atoms with Gasteiger partial charge in [-0.05, 0) is 62.5 Å². The summed E-state index contributed by atoms with van der Waals surface area (Å²) in [7, 11) is 0. The molecule has 2 aliphatic rings. The van der Waals surface area contributed by atoms with Crippen LogP contribution >= 0.6 is 0 Å². The van der Waals surface area contributed by atoms with Crippen molar-refractivity contribution in [1.29, 1.82) is 5.26 Å². The van der Waals surface area contributed by atoms with Crippen molar-refractivity contribution in [1.82, 2.24) is 15.0 Å². The number of halogens is 1. The number of benzene rings is 1. The summed E-state index contributed by atoms with van der Waals surface area (Å²) >= 11 is 0. The fraction of sp³-hybridized carbons (Fsp3) is 0.630. The standard InChI is InChI=1S/C27H37FN6O3/c1-18(2)25-31-27(37-32-25)33-12-9-19(10-13-33)5-4-14-36-22-8-7-20(23(28)16-22)15-24(30)26(35)34-11-3-6-21(34)17-29/h7-8,16,18-19,21,24H,3-6,9-15,30H2,1-2H3/t21-,24-/m0/s1. The zero-order chi connectivity index (χ0) is 26.4. The quantitative estimate of drug-likeness (QED) is 0.477. The molecule has 10 heteroatoms. The summed E-state index contributed by atoms with van der Waals surface area (Å²) in [5.74, 6) is 1.34. The van der Waals surface area contributed by atoms with Gasteiger partial charge in [-0.1, -0.05) is 25.1 Å². The van der Waals surface area contributed by atoms with Crippen LogP contribution in [0.2, 0.25) is 0 Å². The average Bonchev–Trinajstić information content (AvgIpc) is 3.58. The van der Waals surface area contributed by atoms with Crippen molar-refractivity contribution in [3.63, 3.8) is 0 Å². The molecular formula is C27H37FN6O3. The van der Waals surface area contributed by atoms with Gasteiger partial charge in [-0.3, -0.25) is 4.79 Å². The van der Waals surface area contributed by atoms with E-state index in [1.807, 2.05) is 13.8 Å². The first-order valence-electron chi connectivity index (χ1n) is 13.3. The summed E-state index contributed by atoms with van der Waals surface area (Å²) in [6.07, 6.45) is 5.60. The Morgan fingerprint density at radius 2 is 2.08 bits per heavy atom. The van der Waals surface area contributed by atoms with Gasteiger partial charge in [0.15, 0.2) is 5.82 Å². The van der Waals surface area contributed by atoms with E-state index in [2.05, 4.69) is 21.1 Å². The molecule has 2 aliphatic heterocycles. The van der Waals surface area contributed by atoms with Crippen LogP contribution < -0.4 is 15.4 Å². The molecule has 3 heterocycles. The molecule has 2 fully saturated rings. The summed E-state index contributed by atoms with van der Waals surface area (Å²) < 4.78 is 25.9. The number of nitriles is 1. The first kappa shape index (κ1) is 26.9. The van der Waals surface area contributed by atoms with Gasteiger partial charge in [-0.2, -0.15) is 10.2 Å². The molecule has 0 saturated carbocycles. The number of piperidine rings is 1. The Hall–Kier alpha value is -3.19. The summed E-state index contributed by atoms with van der Waals surface area (Å²) in [4.78, 5) is 20.8. The number of hydrogen-bond donors (Lipinski definition) is 1. The number of carbonyl (C=O) groups is 1. The minimum atomic E-state index is -0.876. The van der Waals surface area contributed by atoms with Gasteiger partial charge in [0.1, 0.15) is 17.6 Å². The number of rotatable bonds is 10. The maximum absolute atomic E-state index is 14.7. The molecule has 2 saturated heterocycles. The molecule has 0 radical (unpaired) electrons. The van der Waals surface area contributed by atoms with Crippen LogP contribution in [0.1, 0.15) is 69.7 Å². The number of carbonyl (C=O) groups excluding carboxylic acids is 1. The van der Waals surface area contributed by atoms with Crippen LogP contribution in [0.15, 0.2) is 22.7 Å². The van der Waals surface area contributed by atoms with Gasteiger partial charge in [0, 0.05) is 31.6 Å². The van der Waals surface area contributed by atoms with Crippen LogP contribution in [0.3, 0.4) is 0 Å². The van der Waals surface area contributed by atoms with Gasteiger partial charge in [-0.25, -0.2) is 4.39 Å². The van der Waals surface area contributed by atoms with Crippen molar-refractivity contribution < 1.29 is 18.4 Å². The first-order valence-corrected chi connectivity index (χ1v) is 13.3. The van der Waals surface area contributed by atoms with Gasteiger partial charge < -0.3 is 24.8 Å². The fourth-order valence-electron chi connectivity index (χ4n) is 5.05. The number of nitrogens with zero attached hydrogens (tertiary/aromatic N) is 5. The highest BCUT2D eigenvalue weighted by Gasteiger charge is 2.32. The fourth-order valence-corrected chi connectivity index (χ4v) is 5.05. The largest absolute Gasteiger partial charge is 0.493 e. The van der Waals surface area contributed by atoms with Crippen molar-refractivity contribution in [2.45, 2.75) is 76.8 Å². The van der Waals surface area contributed by atoms with Gasteiger partial charge in [-0.15, -0.1) is 0 Å². The van der Waals surface area contributed by atoms with Gasteiger partial charge in [0.2, 0.25) is 5.91 Å². The van der Waals surface area contributed by atoms with Crippen LogP contribution in [0.5, 0.6) is 5.75 Å². The highest BCUT2D eigenvalue weighted by atomic mass is 19.1. The molecular weight excluding hydrogens is 475 g/mol. The van der Waals surface area contributed by atoms with E-state index in [-0.39, 0.29) is 18.2 Å². The SMILES string of the molecule is CC(C)c1noc(N2CCC(CCCOc3ccc(C[C@H](N)C(=O)N4CCC[C@H]4C#N)c(F)c3)CC2)n1. The molecule has 1 aromatic carbocycles. The maximum Gasteiger partial charge on any atom is 0.324 e. The Bertz CT molecular complexity index is 1090. The van der Waals surface area contributed by atoms with E-state index < -0.39 is 17.9 Å². The molecule has 2 atom stereocenters. The molecule has 2 aromatic rings. The van der Waals surface area contributed by atoms with Gasteiger partial charge >= 0.3 is 6.01 Å². The number of amides is 1. The normalized spacial score (nSPS) is 19.3. The molecule has 200 valence electrons. The van der Waals surface area contributed by atoms with Crippen LogP contribution in [0, 0.1) is 23.1 Å². The lowest BCUT2D eigenvalue weighted by atomic mass is 9.92. The lowest BCUT2D eigenvalue weighted by molar-refractivity contribution is -0.132. The minimum Gasteiger partial charge on any atom is -0.493 e. The Labute approximate surface area is 217 Å². The van der Waals surface area contributed by atoms with E-state index in [4.69, 9.17) is 15.0 Å². The number of nitrogens with two attached hydrogens (primary N) is 1. The molecule has 2 N–H and O–H groups in total. The molecule has 1 amide bonds. The predicted molar refractivity (Wildman–Crippen MR) is 136 cm³/mol. The zero-order valence-corrected chi connectivity index (χ0v) is 21.7. The molecule has 9 nitrogen and oxygen atoms in total. The second kappa shape index (κ2) is 12.4. The van der Waals surface area contributed by atoms with E-state index in [9.17, 15) is 14.4 Å². The summed E-state index contributed by atoms with van der Waals surface area (Å²) in [5, 5.41) is 13.2. The Morgan fingerprint density at radius 1 is 1.30 bits per heavy atom. The molecule has 37 heavy (non-hydrogen) atoms. The van der Waals surface area contributed by atoms with Crippen LogP contribution in [0.25, 0.3) is 0 Å². The first-order chi connectivity index (χ1) is 17.9. The third-order valence-electron chi connectivity index (χ3n) is 7.32. The number of likely N-dealkylation sites (tertiary alicyclic amines) is 1. The second-order valence-electron chi connectivity index (χ2n) is 10.4. The number of ether oxygens (including phenoxy) is 1. The summed E-state index contributed by atoms with van der Waals surface area (Å²) in [6, 6.07) is 6.14. The van der Waals surface area contributed by atoms with Crippen LogP contribution in [0.4, 0.5) is 10.4 Å².